The highest BCUT2D eigenvalue weighted by Crippen LogP contribution is 2.21. The van der Waals surface area contributed by atoms with Crippen molar-refractivity contribution in [1.82, 2.24) is 24.6 Å². The van der Waals surface area contributed by atoms with Gasteiger partial charge in [-0.3, -0.25) is 4.79 Å². The van der Waals surface area contributed by atoms with Crippen molar-refractivity contribution in [2.75, 3.05) is 0 Å². The number of aryl methyl sites for hydroxylation is 3. The van der Waals surface area contributed by atoms with Crippen LogP contribution < -0.4 is 4.74 Å². The molecule has 1 unspecified atom stereocenters. The SMILES string of the molecule is CC(=O)OC(C)CCc1cc(Oc2nc(C)cc(C)n2)n2nccc2n1. The molecular weight excluding hydrogens is 334 g/mol. The molecular formula is C18H21N5O3. The van der Waals surface area contributed by atoms with Crippen molar-refractivity contribution in [3.63, 3.8) is 0 Å². The van der Waals surface area contributed by atoms with Crippen LogP contribution in [0.2, 0.25) is 0 Å². The second-order valence-electron chi connectivity index (χ2n) is 6.18. The third-order valence-corrected chi connectivity index (χ3v) is 3.71. The predicted octanol–water partition coefficient (Wildman–Crippen LogP) is 2.81. The Morgan fingerprint density at radius 3 is 2.62 bits per heavy atom. The molecule has 0 aliphatic rings. The Kier molecular flexibility index (Phi) is 5.11. The van der Waals surface area contributed by atoms with E-state index < -0.39 is 0 Å². The maximum atomic E-state index is 11.0. The fourth-order valence-corrected chi connectivity index (χ4v) is 2.66. The number of rotatable bonds is 6. The summed E-state index contributed by atoms with van der Waals surface area (Å²) >= 11 is 0. The number of carbonyl (C=O) groups is 1. The fourth-order valence-electron chi connectivity index (χ4n) is 2.66. The molecule has 0 aromatic carbocycles. The molecule has 0 spiro atoms. The minimum absolute atomic E-state index is 0.178. The van der Waals surface area contributed by atoms with E-state index >= 15 is 0 Å². The van der Waals surface area contributed by atoms with E-state index in [0.717, 1.165) is 17.1 Å². The van der Waals surface area contributed by atoms with Gasteiger partial charge >= 0.3 is 12.0 Å². The summed E-state index contributed by atoms with van der Waals surface area (Å²) in [6.45, 7) is 7.04. The van der Waals surface area contributed by atoms with Gasteiger partial charge < -0.3 is 9.47 Å². The van der Waals surface area contributed by atoms with Gasteiger partial charge in [0.15, 0.2) is 5.65 Å². The van der Waals surface area contributed by atoms with E-state index in [-0.39, 0.29) is 18.1 Å². The lowest BCUT2D eigenvalue weighted by atomic mass is 10.1. The third-order valence-electron chi connectivity index (χ3n) is 3.71. The van der Waals surface area contributed by atoms with Crippen LogP contribution in [-0.4, -0.2) is 36.6 Å². The summed E-state index contributed by atoms with van der Waals surface area (Å²) in [5.74, 6) is 0.202. The van der Waals surface area contributed by atoms with Crippen LogP contribution in [0, 0.1) is 13.8 Å². The van der Waals surface area contributed by atoms with E-state index in [1.54, 1.807) is 16.8 Å². The van der Waals surface area contributed by atoms with Crippen molar-refractivity contribution < 1.29 is 14.3 Å². The van der Waals surface area contributed by atoms with Crippen LogP contribution in [0.3, 0.4) is 0 Å². The zero-order chi connectivity index (χ0) is 18.7. The zero-order valence-corrected chi connectivity index (χ0v) is 15.3. The quantitative estimate of drug-likeness (QED) is 0.628. The summed E-state index contributed by atoms with van der Waals surface area (Å²) in [5.41, 5.74) is 3.14. The zero-order valence-electron chi connectivity index (χ0n) is 15.3. The molecule has 0 N–H and O–H groups in total. The Morgan fingerprint density at radius 2 is 1.92 bits per heavy atom. The Balaban J connectivity index is 1.84. The van der Waals surface area contributed by atoms with Gasteiger partial charge in [-0.15, -0.1) is 0 Å². The molecule has 3 aromatic rings. The number of nitrogens with zero attached hydrogens (tertiary/aromatic N) is 5. The lowest BCUT2D eigenvalue weighted by Gasteiger charge is -2.12. The summed E-state index contributed by atoms with van der Waals surface area (Å²) in [7, 11) is 0. The van der Waals surface area contributed by atoms with Crippen LogP contribution in [0.4, 0.5) is 0 Å². The molecule has 0 aliphatic heterocycles. The van der Waals surface area contributed by atoms with Crippen molar-refractivity contribution >= 4 is 11.6 Å². The van der Waals surface area contributed by atoms with Gasteiger partial charge in [0.1, 0.15) is 0 Å². The molecule has 3 aromatic heterocycles. The number of hydrogen-bond acceptors (Lipinski definition) is 7. The van der Waals surface area contributed by atoms with Gasteiger partial charge in [-0.1, -0.05) is 0 Å². The number of carbonyl (C=O) groups excluding carboxylic acids is 1. The van der Waals surface area contributed by atoms with Gasteiger partial charge in [0.2, 0.25) is 5.88 Å². The summed E-state index contributed by atoms with van der Waals surface area (Å²) in [5, 5.41) is 4.24. The minimum atomic E-state index is -0.285. The van der Waals surface area contributed by atoms with Crippen molar-refractivity contribution in [3.8, 4) is 11.9 Å². The highest BCUT2D eigenvalue weighted by molar-refractivity contribution is 5.66. The highest BCUT2D eigenvalue weighted by Gasteiger charge is 2.13. The number of hydrogen-bond donors (Lipinski definition) is 0. The van der Waals surface area contributed by atoms with Crippen LogP contribution in [0.25, 0.3) is 5.65 Å². The van der Waals surface area contributed by atoms with Gasteiger partial charge in [0.25, 0.3) is 0 Å². The summed E-state index contributed by atoms with van der Waals surface area (Å²) < 4.78 is 12.6. The average Bonchev–Trinajstić information content (AvgIpc) is 3.00. The van der Waals surface area contributed by atoms with Crippen LogP contribution in [0.5, 0.6) is 11.9 Å². The summed E-state index contributed by atoms with van der Waals surface area (Å²) in [6, 6.07) is 5.75. The van der Waals surface area contributed by atoms with Crippen molar-refractivity contribution in [3.05, 3.63) is 41.5 Å². The molecule has 136 valence electrons. The Morgan fingerprint density at radius 1 is 1.19 bits per heavy atom. The Bertz CT molecular complexity index is 917. The van der Waals surface area contributed by atoms with Gasteiger partial charge in [-0.05, 0) is 39.7 Å². The average molecular weight is 355 g/mol. The molecule has 3 heterocycles. The van der Waals surface area contributed by atoms with E-state index in [1.165, 1.54) is 6.92 Å². The van der Waals surface area contributed by atoms with Crippen molar-refractivity contribution in [2.45, 2.75) is 46.6 Å². The van der Waals surface area contributed by atoms with E-state index in [1.807, 2.05) is 32.9 Å². The van der Waals surface area contributed by atoms with Gasteiger partial charge in [-0.25, -0.2) is 15.0 Å². The molecule has 0 bridgehead atoms. The van der Waals surface area contributed by atoms with Crippen LogP contribution >= 0.6 is 0 Å². The predicted molar refractivity (Wildman–Crippen MR) is 94.1 cm³/mol. The smallest absolute Gasteiger partial charge is 0.323 e. The molecule has 8 heteroatoms. The lowest BCUT2D eigenvalue weighted by Crippen LogP contribution is -2.13. The molecule has 8 nitrogen and oxygen atoms in total. The Labute approximate surface area is 151 Å². The molecule has 26 heavy (non-hydrogen) atoms. The van der Waals surface area contributed by atoms with E-state index in [9.17, 15) is 4.79 Å². The largest absolute Gasteiger partial charge is 0.463 e. The minimum Gasteiger partial charge on any atom is -0.463 e. The number of esters is 1. The monoisotopic (exact) mass is 355 g/mol. The summed E-state index contributed by atoms with van der Waals surface area (Å²) in [6.07, 6.45) is 2.78. The van der Waals surface area contributed by atoms with E-state index in [4.69, 9.17) is 9.47 Å². The van der Waals surface area contributed by atoms with Gasteiger partial charge in [-0.2, -0.15) is 9.61 Å². The van der Waals surface area contributed by atoms with Crippen LogP contribution in [-0.2, 0) is 16.0 Å². The van der Waals surface area contributed by atoms with E-state index in [2.05, 4.69) is 20.1 Å². The van der Waals surface area contributed by atoms with Crippen molar-refractivity contribution in [1.29, 1.82) is 0 Å². The molecule has 0 radical (unpaired) electrons. The van der Waals surface area contributed by atoms with Crippen LogP contribution in [0.15, 0.2) is 24.4 Å². The highest BCUT2D eigenvalue weighted by atomic mass is 16.5. The van der Waals surface area contributed by atoms with Crippen LogP contribution in [0.1, 0.15) is 37.4 Å². The second kappa shape index (κ2) is 7.47. The van der Waals surface area contributed by atoms with Crippen molar-refractivity contribution in [2.24, 2.45) is 0 Å². The molecule has 1 atom stereocenters. The van der Waals surface area contributed by atoms with Gasteiger partial charge in [0, 0.05) is 36.1 Å². The molecule has 0 amide bonds. The fraction of sp³-hybridized carbons (Fsp3) is 0.389. The molecule has 0 fully saturated rings. The standard InChI is InChI=1S/C18H21N5O3/c1-11-9-12(2)21-18(20-11)26-17-10-15(6-5-13(3)25-14(4)24)22-16-7-8-19-23(16)17/h7-10,13H,5-6H2,1-4H3. The van der Waals surface area contributed by atoms with E-state index in [0.29, 0.717) is 24.4 Å². The number of ether oxygens (including phenoxy) is 2. The number of fused-ring (bicyclic) bond motifs is 1. The first-order valence-corrected chi connectivity index (χ1v) is 8.42. The maximum absolute atomic E-state index is 11.0. The maximum Gasteiger partial charge on any atom is 0.323 e. The molecule has 0 saturated carbocycles. The molecule has 3 rings (SSSR count). The third kappa shape index (κ3) is 4.33. The Hall–Kier alpha value is -3.03. The summed E-state index contributed by atoms with van der Waals surface area (Å²) in [4.78, 5) is 24.2. The first kappa shape index (κ1) is 17.8. The topological polar surface area (TPSA) is 91.5 Å². The first-order valence-electron chi connectivity index (χ1n) is 8.42. The molecule has 0 aliphatic carbocycles. The lowest BCUT2D eigenvalue weighted by molar-refractivity contribution is -0.145. The second-order valence-corrected chi connectivity index (χ2v) is 6.18. The molecule has 0 saturated heterocycles. The normalized spacial score (nSPS) is 12.2. The van der Waals surface area contributed by atoms with Gasteiger partial charge in [0.05, 0.1) is 12.3 Å². The number of aromatic nitrogens is 5. The first-order chi connectivity index (χ1) is 12.4.